The zero-order valence-corrected chi connectivity index (χ0v) is 30.9. The first-order chi connectivity index (χ1) is 24.0. The molecule has 0 unspecified atom stereocenters. The zero-order valence-electron chi connectivity index (χ0n) is 30.9. The molecule has 278 valence electrons. The third kappa shape index (κ3) is 9.74. The molecule has 4 atom stereocenters. The average Bonchev–Trinajstić information content (AvgIpc) is 3.65. The van der Waals surface area contributed by atoms with Gasteiger partial charge in [-0.2, -0.15) is 0 Å². The van der Waals surface area contributed by atoms with Gasteiger partial charge < -0.3 is 36.5 Å². The van der Waals surface area contributed by atoms with E-state index in [4.69, 9.17) is 20.9 Å². The maximum atomic E-state index is 15.0. The standard InChI is InChI=1S/C39H55N5O7/c1-37(2,3)50-34(47)32-30(43-31(45)19-10-15-25-13-8-7-9-14-25)24-44(33(46)29(41)18-12-22-40)39(32,36(49)51-38(4,5)6)35(48)42-28-21-20-26-16-11-17-27(26)23-28/h7-9,13-14,20-21,23,29-30,32H,10-12,15-19,22,24,40-41H2,1-6H3,(H,42,48)(H,43,45)/t29-,30+,32-,39-/m0/s1. The van der Waals surface area contributed by atoms with Crippen LogP contribution in [0.4, 0.5) is 5.69 Å². The van der Waals surface area contributed by atoms with Crippen LogP contribution >= 0.6 is 0 Å². The van der Waals surface area contributed by atoms with Crippen molar-refractivity contribution in [2.75, 3.05) is 18.4 Å². The fourth-order valence-electron chi connectivity index (χ4n) is 6.86. The van der Waals surface area contributed by atoms with Crippen molar-refractivity contribution in [3.63, 3.8) is 0 Å². The second kappa shape index (κ2) is 16.4. The highest BCUT2D eigenvalue weighted by molar-refractivity contribution is 6.19. The molecule has 0 radical (unpaired) electrons. The van der Waals surface area contributed by atoms with Gasteiger partial charge in [0, 0.05) is 18.7 Å². The van der Waals surface area contributed by atoms with Gasteiger partial charge >= 0.3 is 11.9 Å². The van der Waals surface area contributed by atoms with Crippen molar-refractivity contribution in [1.82, 2.24) is 10.2 Å². The molecule has 1 fully saturated rings. The van der Waals surface area contributed by atoms with Crippen LogP contribution in [0.15, 0.2) is 48.5 Å². The number of nitrogens with zero attached hydrogens (tertiary/aromatic N) is 1. The number of aryl methyl sites for hydroxylation is 3. The molecule has 1 saturated heterocycles. The molecule has 4 rings (SSSR count). The van der Waals surface area contributed by atoms with Crippen LogP contribution in [0.5, 0.6) is 0 Å². The van der Waals surface area contributed by atoms with Crippen LogP contribution in [0.2, 0.25) is 0 Å². The highest BCUT2D eigenvalue weighted by Gasteiger charge is 2.70. The van der Waals surface area contributed by atoms with Gasteiger partial charge in [0.05, 0.1) is 12.1 Å². The second-order valence-electron chi connectivity index (χ2n) is 15.6. The number of hydrogen-bond acceptors (Lipinski definition) is 9. The van der Waals surface area contributed by atoms with Gasteiger partial charge in [-0.3, -0.25) is 19.2 Å². The van der Waals surface area contributed by atoms with E-state index in [1.54, 1.807) is 47.6 Å². The summed E-state index contributed by atoms with van der Waals surface area (Å²) in [5, 5.41) is 5.74. The normalized spacial score (nSPS) is 20.7. The molecule has 0 saturated carbocycles. The number of carbonyl (C=O) groups is 5. The van der Waals surface area contributed by atoms with Crippen LogP contribution < -0.4 is 22.1 Å². The minimum Gasteiger partial charge on any atom is -0.460 e. The topological polar surface area (TPSA) is 183 Å². The summed E-state index contributed by atoms with van der Waals surface area (Å²) in [4.78, 5) is 73.1. The van der Waals surface area contributed by atoms with Gasteiger partial charge in [-0.1, -0.05) is 36.4 Å². The van der Waals surface area contributed by atoms with E-state index >= 15 is 0 Å². The van der Waals surface area contributed by atoms with Crippen molar-refractivity contribution in [2.24, 2.45) is 17.4 Å². The summed E-state index contributed by atoms with van der Waals surface area (Å²) < 4.78 is 11.8. The number of benzene rings is 2. The molecule has 3 amide bonds. The number of carbonyl (C=O) groups excluding carboxylic acids is 5. The lowest BCUT2D eigenvalue weighted by Gasteiger charge is -2.40. The first-order valence-corrected chi connectivity index (χ1v) is 18.0. The number of ether oxygens (including phenoxy) is 2. The SMILES string of the molecule is CC(C)(C)OC(=O)[C@@H]1[C@H](NC(=O)CCCc2ccccc2)CN(C(=O)[C@@H](N)CCCN)[C@@]1(C(=O)Nc1ccc2c(c1)CCC2)C(=O)OC(C)(C)C. The van der Waals surface area contributed by atoms with E-state index in [0.29, 0.717) is 24.9 Å². The Labute approximate surface area is 301 Å². The zero-order chi connectivity index (χ0) is 37.6. The smallest absolute Gasteiger partial charge is 0.343 e. The van der Waals surface area contributed by atoms with E-state index in [2.05, 4.69) is 10.6 Å². The molecule has 1 aliphatic heterocycles. The van der Waals surface area contributed by atoms with Crippen molar-refractivity contribution < 1.29 is 33.4 Å². The van der Waals surface area contributed by atoms with Crippen LogP contribution in [0.3, 0.4) is 0 Å². The summed E-state index contributed by atoms with van der Waals surface area (Å²) in [6.45, 7) is 9.73. The van der Waals surface area contributed by atoms with Gasteiger partial charge in [0.1, 0.15) is 17.1 Å². The monoisotopic (exact) mass is 705 g/mol. The minimum atomic E-state index is -2.60. The maximum absolute atomic E-state index is 15.0. The van der Waals surface area contributed by atoms with Crippen LogP contribution in [-0.4, -0.2) is 76.5 Å². The predicted molar refractivity (Wildman–Crippen MR) is 194 cm³/mol. The lowest BCUT2D eigenvalue weighted by atomic mass is 9.80. The molecule has 2 aromatic rings. The average molecular weight is 706 g/mol. The van der Waals surface area contributed by atoms with Crippen LogP contribution in [0.25, 0.3) is 0 Å². The van der Waals surface area contributed by atoms with Crippen LogP contribution in [0.1, 0.15) is 90.3 Å². The summed E-state index contributed by atoms with van der Waals surface area (Å²) in [6.07, 6.45) is 4.52. The Morgan fingerprint density at radius 2 is 1.59 bits per heavy atom. The molecule has 0 bridgehead atoms. The van der Waals surface area contributed by atoms with E-state index in [1.165, 1.54) is 5.56 Å². The molecule has 0 aromatic heterocycles. The van der Waals surface area contributed by atoms with E-state index in [0.717, 1.165) is 35.3 Å². The summed E-state index contributed by atoms with van der Waals surface area (Å²) in [7, 11) is 0. The van der Waals surface area contributed by atoms with Gasteiger partial charge in [0.2, 0.25) is 17.4 Å². The van der Waals surface area contributed by atoms with Gasteiger partial charge in [-0.25, -0.2) is 4.79 Å². The molecule has 6 N–H and O–H groups in total. The van der Waals surface area contributed by atoms with Crippen molar-refractivity contribution >= 4 is 35.3 Å². The third-order valence-corrected chi connectivity index (χ3v) is 9.09. The highest BCUT2D eigenvalue weighted by Crippen LogP contribution is 2.41. The quantitative estimate of drug-likeness (QED) is 0.179. The van der Waals surface area contributed by atoms with Gasteiger partial charge in [-0.05, 0) is 122 Å². The number of amides is 3. The Bertz CT molecular complexity index is 1580. The Morgan fingerprint density at radius 3 is 2.24 bits per heavy atom. The molecule has 12 nitrogen and oxygen atoms in total. The first kappa shape index (κ1) is 39.5. The molecule has 0 spiro atoms. The second-order valence-corrected chi connectivity index (χ2v) is 15.6. The minimum absolute atomic E-state index is 0.0944. The van der Waals surface area contributed by atoms with Crippen molar-refractivity contribution in [3.8, 4) is 0 Å². The summed E-state index contributed by atoms with van der Waals surface area (Å²) in [5.74, 6) is -5.91. The number of nitrogens with one attached hydrogen (secondary N) is 2. The number of rotatable bonds is 13. The molecule has 2 aliphatic rings. The van der Waals surface area contributed by atoms with Crippen LogP contribution in [0, 0.1) is 5.92 Å². The number of fused-ring (bicyclic) bond motifs is 1. The first-order valence-electron chi connectivity index (χ1n) is 18.0. The summed E-state index contributed by atoms with van der Waals surface area (Å²) >= 11 is 0. The van der Waals surface area contributed by atoms with Gasteiger partial charge in [-0.15, -0.1) is 0 Å². The van der Waals surface area contributed by atoms with Crippen LogP contribution in [-0.2, 0) is 52.7 Å². The predicted octanol–water partition coefficient (Wildman–Crippen LogP) is 3.57. The number of nitrogens with two attached hydrogens (primary N) is 2. The fraction of sp³-hybridized carbons (Fsp3) is 0.564. The number of esters is 2. The Hall–Kier alpha value is -4.29. The molecule has 1 aliphatic carbocycles. The van der Waals surface area contributed by atoms with E-state index in [9.17, 15) is 24.0 Å². The number of likely N-dealkylation sites (tertiary alicyclic amines) is 1. The Kier molecular flexibility index (Phi) is 12.7. The van der Waals surface area contributed by atoms with Crippen molar-refractivity contribution in [1.29, 1.82) is 0 Å². The van der Waals surface area contributed by atoms with Crippen molar-refractivity contribution in [3.05, 3.63) is 65.2 Å². The number of anilines is 1. The molecule has 1 heterocycles. The summed E-state index contributed by atoms with van der Waals surface area (Å²) in [5.41, 5.74) is 11.0. The lowest BCUT2D eigenvalue weighted by Crippen LogP contribution is -2.68. The third-order valence-electron chi connectivity index (χ3n) is 9.09. The lowest BCUT2D eigenvalue weighted by molar-refractivity contribution is -0.184. The molecule has 51 heavy (non-hydrogen) atoms. The molecule has 2 aromatic carbocycles. The van der Waals surface area contributed by atoms with E-state index < -0.39 is 64.4 Å². The largest absolute Gasteiger partial charge is 0.460 e. The Balaban J connectivity index is 1.83. The van der Waals surface area contributed by atoms with Crippen molar-refractivity contribution in [2.45, 2.75) is 122 Å². The molecular weight excluding hydrogens is 650 g/mol. The number of hydrogen-bond donors (Lipinski definition) is 4. The highest BCUT2D eigenvalue weighted by atomic mass is 16.6. The molecular formula is C39H55N5O7. The van der Waals surface area contributed by atoms with E-state index in [1.807, 2.05) is 42.5 Å². The van der Waals surface area contributed by atoms with Gasteiger partial charge in [0.25, 0.3) is 5.91 Å². The maximum Gasteiger partial charge on any atom is 0.343 e. The fourth-order valence-corrected chi connectivity index (χ4v) is 6.86. The Morgan fingerprint density at radius 1 is 0.922 bits per heavy atom. The summed E-state index contributed by atoms with van der Waals surface area (Å²) in [6, 6.07) is 12.8. The van der Waals surface area contributed by atoms with Gasteiger partial charge in [0.15, 0.2) is 0 Å². The van der Waals surface area contributed by atoms with E-state index in [-0.39, 0.29) is 25.9 Å². The molecule has 12 heteroatoms.